The number of phenols is 1. The number of rotatable bonds is 13. The van der Waals surface area contributed by atoms with Gasteiger partial charge in [-0.05, 0) is 129 Å². The molecule has 2 saturated heterocycles. The number of hydrogen-bond donors (Lipinski definition) is 2. The third kappa shape index (κ3) is 10.7. The molecule has 0 bridgehead atoms. The molecule has 10 rings (SSSR count). The van der Waals surface area contributed by atoms with Crippen LogP contribution < -0.4 is 10.1 Å². The Hall–Kier alpha value is -7.38. The fourth-order valence-corrected chi connectivity index (χ4v) is 11.1. The van der Waals surface area contributed by atoms with Crippen molar-refractivity contribution in [3.05, 3.63) is 153 Å². The molecule has 15 heteroatoms. The molecule has 14 nitrogen and oxygen atoms in total. The number of morpholine rings is 1. The van der Waals surface area contributed by atoms with E-state index in [2.05, 4.69) is 44.4 Å². The number of phenolic OH excluding ortho intramolecular Hbond substituents is 1. The van der Waals surface area contributed by atoms with Gasteiger partial charge in [0.2, 0.25) is 5.91 Å². The molecular weight excluding hydrogens is 936 g/mol. The van der Waals surface area contributed by atoms with Crippen molar-refractivity contribution in [1.29, 1.82) is 5.26 Å². The Labute approximate surface area is 431 Å². The minimum absolute atomic E-state index is 0.0597. The number of aryl methyl sites for hydroxylation is 1. The van der Waals surface area contributed by atoms with Crippen molar-refractivity contribution in [2.45, 2.75) is 71.5 Å². The molecule has 382 valence electrons. The number of nitriles is 1. The molecule has 1 atom stereocenters. The zero-order valence-electron chi connectivity index (χ0n) is 42.5. The van der Waals surface area contributed by atoms with E-state index in [-0.39, 0.29) is 42.1 Å². The number of nitrogens with zero attached hydrogens (tertiary/aromatic N) is 7. The Morgan fingerprint density at radius 3 is 2.41 bits per heavy atom. The average molecular weight is 999 g/mol. The van der Waals surface area contributed by atoms with Crippen LogP contribution in [0.5, 0.6) is 11.5 Å². The lowest BCUT2D eigenvalue weighted by Crippen LogP contribution is -2.51. The molecule has 0 radical (unpaired) electrons. The summed E-state index contributed by atoms with van der Waals surface area (Å²) in [6.45, 7) is 11.5. The summed E-state index contributed by atoms with van der Waals surface area (Å²) in [6, 6.07) is 27.1. The van der Waals surface area contributed by atoms with Gasteiger partial charge in [-0.15, -0.1) is 0 Å². The monoisotopic (exact) mass is 998 g/mol. The molecule has 3 amide bonds. The normalized spacial score (nSPS) is 17.0. The topological polar surface area (TPSA) is 156 Å². The highest BCUT2D eigenvalue weighted by molar-refractivity contribution is 6.13. The Balaban J connectivity index is 1.04. The largest absolute Gasteiger partial charge is 0.508 e. The highest BCUT2D eigenvalue weighted by atomic mass is 19.1. The molecule has 2 N–H and O–H groups in total. The van der Waals surface area contributed by atoms with Gasteiger partial charge in [-0.25, -0.2) is 4.39 Å². The quantitative estimate of drug-likeness (QED) is 0.108. The summed E-state index contributed by atoms with van der Waals surface area (Å²) in [5.74, 6) is -0.851. The highest BCUT2D eigenvalue weighted by Gasteiger charge is 2.37. The summed E-state index contributed by atoms with van der Waals surface area (Å²) in [6.07, 6.45) is 6.11. The zero-order valence-corrected chi connectivity index (χ0v) is 42.5. The van der Waals surface area contributed by atoms with E-state index in [0.717, 1.165) is 62.3 Å². The van der Waals surface area contributed by atoms with Crippen LogP contribution in [0.4, 0.5) is 10.1 Å². The molecule has 6 heterocycles. The highest BCUT2D eigenvalue weighted by Crippen LogP contribution is 2.43. The fourth-order valence-electron chi connectivity index (χ4n) is 11.1. The van der Waals surface area contributed by atoms with E-state index in [1.54, 1.807) is 48.4 Å². The molecule has 6 aromatic rings. The number of ether oxygens (including phenoxy) is 2. The van der Waals surface area contributed by atoms with Crippen molar-refractivity contribution in [3.63, 3.8) is 0 Å². The molecular formula is C59H63FN8O6. The smallest absolute Gasteiger partial charge is 0.258 e. The number of fused-ring (bicyclic) bond motifs is 2. The van der Waals surface area contributed by atoms with Crippen LogP contribution in [0.3, 0.4) is 0 Å². The van der Waals surface area contributed by atoms with Gasteiger partial charge in [-0.3, -0.25) is 24.3 Å². The molecule has 2 aromatic heterocycles. The number of pyridine rings is 1. The van der Waals surface area contributed by atoms with Gasteiger partial charge in [0.25, 0.3) is 11.8 Å². The number of likely N-dealkylation sites (tertiary alicyclic amines) is 1. The number of aromatic hydroxyl groups is 1. The van der Waals surface area contributed by atoms with Gasteiger partial charge >= 0.3 is 0 Å². The summed E-state index contributed by atoms with van der Waals surface area (Å²) < 4.78 is 28.9. The van der Waals surface area contributed by atoms with Crippen molar-refractivity contribution in [3.8, 4) is 40.0 Å². The Morgan fingerprint density at radius 2 is 1.65 bits per heavy atom. The summed E-state index contributed by atoms with van der Waals surface area (Å²) in [5.41, 5.74) is 9.35. The molecule has 74 heavy (non-hydrogen) atoms. The second-order valence-electron chi connectivity index (χ2n) is 20.1. The van der Waals surface area contributed by atoms with Crippen molar-refractivity contribution in [2.75, 3.05) is 71.0 Å². The first-order valence-electron chi connectivity index (χ1n) is 25.8. The number of carbonyl (C=O) groups excluding carboxylic acids is 3. The maximum Gasteiger partial charge on any atom is 0.258 e. The van der Waals surface area contributed by atoms with E-state index in [9.17, 15) is 20.0 Å². The van der Waals surface area contributed by atoms with Gasteiger partial charge < -0.3 is 39.2 Å². The van der Waals surface area contributed by atoms with Crippen LogP contribution in [-0.4, -0.2) is 124 Å². The number of hydrogen-bond acceptors (Lipinski definition) is 10. The van der Waals surface area contributed by atoms with Crippen molar-refractivity contribution in [2.24, 2.45) is 7.05 Å². The number of halogens is 1. The van der Waals surface area contributed by atoms with Gasteiger partial charge in [0, 0.05) is 105 Å². The van der Waals surface area contributed by atoms with Gasteiger partial charge in [0.15, 0.2) is 0 Å². The van der Waals surface area contributed by atoms with Crippen LogP contribution in [0.25, 0.3) is 22.4 Å². The number of amides is 3. The van der Waals surface area contributed by atoms with Crippen LogP contribution in [0.15, 0.2) is 91.1 Å². The lowest BCUT2D eigenvalue weighted by molar-refractivity contribution is -0.131. The van der Waals surface area contributed by atoms with Crippen LogP contribution >= 0.6 is 0 Å². The number of carbonyl (C=O) groups is 3. The van der Waals surface area contributed by atoms with Crippen molar-refractivity contribution >= 4 is 23.4 Å². The van der Waals surface area contributed by atoms with E-state index < -0.39 is 11.7 Å². The summed E-state index contributed by atoms with van der Waals surface area (Å²) >= 11 is 0. The van der Waals surface area contributed by atoms with Crippen LogP contribution in [0.1, 0.15) is 84.7 Å². The lowest BCUT2D eigenvalue weighted by Gasteiger charge is -2.41. The van der Waals surface area contributed by atoms with E-state index >= 15 is 9.18 Å². The number of aromatic nitrogens is 2. The molecule has 4 aliphatic heterocycles. The summed E-state index contributed by atoms with van der Waals surface area (Å²) in [5, 5.41) is 23.3. The van der Waals surface area contributed by atoms with Gasteiger partial charge in [0.05, 0.1) is 42.1 Å². The molecule has 0 spiro atoms. The van der Waals surface area contributed by atoms with E-state index in [1.807, 2.05) is 41.6 Å². The molecule has 2 fully saturated rings. The predicted molar refractivity (Wildman–Crippen MR) is 280 cm³/mol. The summed E-state index contributed by atoms with van der Waals surface area (Å²) in [4.78, 5) is 58.0. The Kier molecular flexibility index (Phi) is 14.9. The number of anilines is 1. The van der Waals surface area contributed by atoms with Crippen LogP contribution in [-0.2, 0) is 48.9 Å². The van der Waals surface area contributed by atoms with E-state index in [4.69, 9.17) is 9.47 Å². The Morgan fingerprint density at radius 1 is 0.878 bits per heavy atom. The standard InChI is InChI=1S/C59H63FN8O6/c1-38-44(33-61)27-45(34-62-38)56-55(58(71)63-47-12-14-49(69)15-13-47)39(2)64(3)57(56)51-29-41-17-20-67(54(70)31-42-11-16-50(32-53(42)60)74-26-23-65-21-24-73-25-22-65)35-46(41)30-52(51)59(72)68-36-43-10-6-5-9-40(43)28-48(68)37-66-18-7-4-8-19-66/h5-6,9-16,27,29-30,32,34,48,69H,4,7-8,17-26,28,31,35-37H2,1-3H3,(H,63,71)/t48-/m0/s1. The van der Waals surface area contributed by atoms with Gasteiger partial charge in [-0.2, -0.15) is 5.26 Å². The maximum absolute atomic E-state index is 16.0. The van der Waals surface area contributed by atoms with Crippen molar-refractivity contribution < 1.29 is 33.4 Å². The second-order valence-corrected chi connectivity index (χ2v) is 20.1. The number of piperidine rings is 1. The number of benzene rings is 4. The van der Waals surface area contributed by atoms with Crippen molar-refractivity contribution in [1.82, 2.24) is 29.2 Å². The molecule has 0 saturated carbocycles. The summed E-state index contributed by atoms with van der Waals surface area (Å²) in [7, 11) is 1.88. The lowest BCUT2D eigenvalue weighted by atomic mass is 9.87. The Bertz CT molecular complexity index is 3130. The fraction of sp³-hybridized carbons (Fsp3) is 0.373. The zero-order chi connectivity index (χ0) is 51.5. The third-order valence-electron chi connectivity index (χ3n) is 15.4. The third-order valence-corrected chi connectivity index (χ3v) is 15.4. The van der Waals surface area contributed by atoms with Crippen LogP contribution in [0.2, 0.25) is 0 Å². The first kappa shape index (κ1) is 50.2. The molecule has 0 unspecified atom stereocenters. The molecule has 0 aliphatic carbocycles. The predicted octanol–water partition coefficient (Wildman–Crippen LogP) is 8.23. The first-order chi connectivity index (χ1) is 35.9. The maximum atomic E-state index is 16.0. The minimum atomic E-state index is -0.505. The van der Waals surface area contributed by atoms with Gasteiger partial charge in [0.1, 0.15) is 30.0 Å². The number of nitrogens with one attached hydrogen (secondary N) is 1. The molecule has 4 aliphatic rings. The van der Waals surface area contributed by atoms with Crippen LogP contribution in [0, 0.1) is 31.0 Å². The van der Waals surface area contributed by atoms with E-state index in [0.29, 0.717) is 114 Å². The second kappa shape index (κ2) is 22.0. The van der Waals surface area contributed by atoms with Gasteiger partial charge in [-0.1, -0.05) is 36.8 Å². The first-order valence-corrected chi connectivity index (χ1v) is 25.8. The molecule has 4 aromatic carbocycles. The average Bonchev–Trinajstić information content (AvgIpc) is 3.69. The van der Waals surface area contributed by atoms with E-state index in [1.165, 1.54) is 30.2 Å². The minimum Gasteiger partial charge on any atom is -0.508 e. The SMILES string of the molecule is Cc1ncc(-c2c(C(=O)Nc3ccc(O)cc3)c(C)n(C)c2-c2cc3c(cc2C(=O)N2Cc4ccccc4C[C@H]2CN2CCCCC2)CN(C(=O)Cc2ccc(OCCN4CCOCC4)cc2F)CC3)cc1C#N.